The highest BCUT2D eigenvalue weighted by Crippen LogP contribution is 2.33. The van der Waals surface area contributed by atoms with E-state index in [1.165, 1.54) is 18.2 Å². The summed E-state index contributed by atoms with van der Waals surface area (Å²) in [6.07, 6.45) is 0.427. The number of amides is 1. The molecule has 0 saturated carbocycles. The smallest absolute Gasteiger partial charge is 0.270 e. The fourth-order valence-electron chi connectivity index (χ4n) is 3.17. The van der Waals surface area contributed by atoms with Gasteiger partial charge < -0.3 is 14.8 Å². The highest BCUT2D eigenvalue weighted by Gasteiger charge is 2.24. The molecule has 1 aliphatic heterocycles. The SMILES string of the molecule is O=C(NC[C@@H]1Cc2cc(Oc3ccccc3)ccc2O1)c1cccc([N+](=O)[O-])c1. The molecule has 7 nitrogen and oxygen atoms in total. The van der Waals surface area contributed by atoms with Crippen LogP contribution < -0.4 is 14.8 Å². The Labute approximate surface area is 167 Å². The van der Waals surface area contributed by atoms with E-state index in [-0.39, 0.29) is 23.3 Å². The Balaban J connectivity index is 1.35. The van der Waals surface area contributed by atoms with Gasteiger partial charge in [-0.2, -0.15) is 0 Å². The van der Waals surface area contributed by atoms with Crippen LogP contribution in [0.25, 0.3) is 0 Å². The second-order valence-corrected chi connectivity index (χ2v) is 6.65. The lowest BCUT2D eigenvalue weighted by atomic mass is 10.1. The Bertz CT molecular complexity index is 1050. The number of hydrogen-bond donors (Lipinski definition) is 1. The van der Waals surface area contributed by atoms with Crippen molar-refractivity contribution in [2.75, 3.05) is 6.54 Å². The monoisotopic (exact) mass is 390 g/mol. The van der Waals surface area contributed by atoms with E-state index in [4.69, 9.17) is 9.47 Å². The summed E-state index contributed by atoms with van der Waals surface area (Å²) in [5.74, 6) is 1.87. The van der Waals surface area contributed by atoms with Gasteiger partial charge in [-0.05, 0) is 36.4 Å². The third-order valence-electron chi connectivity index (χ3n) is 4.56. The maximum absolute atomic E-state index is 12.3. The van der Waals surface area contributed by atoms with E-state index in [0.29, 0.717) is 13.0 Å². The molecule has 1 atom stereocenters. The lowest BCUT2D eigenvalue weighted by Gasteiger charge is -2.12. The minimum absolute atomic E-state index is 0.117. The molecular formula is C22H18N2O5. The molecule has 0 aromatic heterocycles. The van der Waals surface area contributed by atoms with E-state index >= 15 is 0 Å². The number of benzene rings is 3. The summed E-state index contributed by atoms with van der Waals surface area (Å²) in [6.45, 7) is 0.297. The van der Waals surface area contributed by atoms with Crippen LogP contribution in [0.5, 0.6) is 17.2 Å². The summed E-state index contributed by atoms with van der Waals surface area (Å²) in [7, 11) is 0. The van der Waals surface area contributed by atoms with E-state index in [0.717, 1.165) is 22.8 Å². The number of non-ortho nitro benzene ring substituents is 1. The molecule has 4 rings (SSSR count). The zero-order chi connectivity index (χ0) is 20.2. The Hall–Kier alpha value is -3.87. The number of carbonyl (C=O) groups excluding carboxylic acids is 1. The molecule has 0 unspecified atom stereocenters. The fourth-order valence-corrected chi connectivity index (χ4v) is 3.17. The van der Waals surface area contributed by atoms with E-state index in [2.05, 4.69) is 5.32 Å². The second kappa shape index (κ2) is 8.02. The van der Waals surface area contributed by atoms with Crippen molar-refractivity contribution in [1.29, 1.82) is 0 Å². The largest absolute Gasteiger partial charge is 0.488 e. The van der Waals surface area contributed by atoms with Crippen LogP contribution in [0.4, 0.5) is 5.69 Å². The van der Waals surface area contributed by atoms with E-state index < -0.39 is 4.92 Å². The molecule has 3 aromatic carbocycles. The van der Waals surface area contributed by atoms with Gasteiger partial charge in [-0.15, -0.1) is 0 Å². The number of nitrogens with one attached hydrogen (secondary N) is 1. The molecule has 1 aliphatic rings. The van der Waals surface area contributed by atoms with E-state index in [9.17, 15) is 14.9 Å². The van der Waals surface area contributed by atoms with E-state index in [1.807, 2.05) is 48.5 Å². The predicted molar refractivity (Wildman–Crippen MR) is 107 cm³/mol. The maximum Gasteiger partial charge on any atom is 0.270 e. The predicted octanol–water partition coefficient (Wildman–Crippen LogP) is 4.12. The summed E-state index contributed by atoms with van der Waals surface area (Å²) in [5.41, 5.74) is 1.13. The fraction of sp³-hybridized carbons (Fsp3) is 0.136. The number of hydrogen-bond acceptors (Lipinski definition) is 5. The van der Waals surface area contributed by atoms with Crippen molar-refractivity contribution in [3.63, 3.8) is 0 Å². The highest BCUT2D eigenvalue weighted by molar-refractivity contribution is 5.94. The van der Waals surface area contributed by atoms with Gasteiger partial charge in [0.2, 0.25) is 0 Å². The quantitative estimate of drug-likeness (QED) is 0.505. The molecule has 0 fully saturated rings. The molecule has 1 N–H and O–H groups in total. The Morgan fingerprint density at radius 3 is 2.69 bits per heavy atom. The van der Waals surface area contributed by atoms with Crippen LogP contribution in [0.2, 0.25) is 0 Å². The molecule has 1 amide bonds. The molecule has 1 heterocycles. The zero-order valence-corrected chi connectivity index (χ0v) is 15.4. The van der Waals surface area contributed by atoms with Crippen LogP contribution in [0.3, 0.4) is 0 Å². The van der Waals surface area contributed by atoms with Crippen LogP contribution in [0.15, 0.2) is 72.8 Å². The number of fused-ring (bicyclic) bond motifs is 1. The summed E-state index contributed by atoms with van der Waals surface area (Å²) < 4.78 is 11.7. The van der Waals surface area contributed by atoms with E-state index in [1.54, 1.807) is 6.07 Å². The first-order chi connectivity index (χ1) is 14.1. The molecule has 7 heteroatoms. The number of carbonyl (C=O) groups is 1. The minimum Gasteiger partial charge on any atom is -0.488 e. The van der Waals surface area contributed by atoms with Gasteiger partial charge in [-0.3, -0.25) is 14.9 Å². The molecule has 0 aliphatic carbocycles. The summed E-state index contributed by atoms with van der Waals surface area (Å²) in [6, 6.07) is 20.8. The first kappa shape index (κ1) is 18.5. The van der Waals surface area contributed by atoms with Crippen molar-refractivity contribution in [2.24, 2.45) is 0 Å². The van der Waals surface area contributed by atoms with Crippen LogP contribution >= 0.6 is 0 Å². The third-order valence-corrected chi connectivity index (χ3v) is 4.56. The van der Waals surface area contributed by atoms with Crippen LogP contribution in [0.1, 0.15) is 15.9 Å². The number of nitrogens with zero attached hydrogens (tertiary/aromatic N) is 1. The topological polar surface area (TPSA) is 90.7 Å². The zero-order valence-electron chi connectivity index (χ0n) is 15.4. The Morgan fingerprint density at radius 1 is 1.07 bits per heavy atom. The van der Waals surface area contributed by atoms with Gasteiger partial charge in [0.25, 0.3) is 11.6 Å². The standard InChI is InChI=1S/C22H18N2O5/c25-22(15-5-4-6-17(11-15)24(26)27)23-14-20-13-16-12-19(9-10-21(16)29-20)28-18-7-2-1-3-8-18/h1-12,20H,13-14H2,(H,23,25)/t20-/m0/s1. The van der Waals surface area contributed by atoms with Crippen molar-refractivity contribution in [2.45, 2.75) is 12.5 Å². The van der Waals surface area contributed by atoms with Gasteiger partial charge in [-0.25, -0.2) is 0 Å². The van der Waals surface area contributed by atoms with Crippen molar-refractivity contribution < 1.29 is 19.2 Å². The van der Waals surface area contributed by atoms with Gasteiger partial charge in [-0.1, -0.05) is 24.3 Å². The van der Waals surface area contributed by atoms with Crippen molar-refractivity contribution in [3.8, 4) is 17.2 Å². The average molecular weight is 390 g/mol. The van der Waals surface area contributed by atoms with Crippen molar-refractivity contribution >= 4 is 11.6 Å². The molecule has 0 spiro atoms. The number of nitro benzene ring substituents is 1. The molecule has 0 bridgehead atoms. The first-order valence-electron chi connectivity index (χ1n) is 9.13. The van der Waals surface area contributed by atoms with Gasteiger partial charge in [0.15, 0.2) is 0 Å². The Kier molecular flexibility index (Phi) is 5.11. The summed E-state index contributed by atoms with van der Waals surface area (Å²) in [5, 5.41) is 13.6. The highest BCUT2D eigenvalue weighted by atomic mass is 16.6. The van der Waals surface area contributed by atoms with Crippen LogP contribution in [0, 0.1) is 10.1 Å². The number of ether oxygens (including phenoxy) is 2. The van der Waals surface area contributed by atoms with Crippen molar-refractivity contribution in [1.82, 2.24) is 5.32 Å². The van der Waals surface area contributed by atoms with Crippen LogP contribution in [-0.2, 0) is 6.42 Å². The molecule has 0 radical (unpaired) electrons. The molecular weight excluding hydrogens is 372 g/mol. The maximum atomic E-state index is 12.3. The average Bonchev–Trinajstić information content (AvgIpc) is 3.15. The van der Waals surface area contributed by atoms with Gasteiger partial charge >= 0.3 is 0 Å². The van der Waals surface area contributed by atoms with Crippen molar-refractivity contribution in [3.05, 3.63) is 94.0 Å². The third kappa shape index (κ3) is 4.35. The second-order valence-electron chi connectivity index (χ2n) is 6.65. The number of para-hydroxylation sites is 1. The normalized spacial score (nSPS) is 14.6. The molecule has 0 saturated heterocycles. The molecule has 29 heavy (non-hydrogen) atoms. The van der Waals surface area contributed by atoms with Gasteiger partial charge in [0, 0.05) is 29.7 Å². The lowest BCUT2D eigenvalue weighted by molar-refractivity contribution is -0.384. The van der Waals surface area contributed by atoms with Crippen LogP contribution in [-0.4, -0.2) is 23.5 Å². The molecule has 3 aromatic rings. The number of nitro groups is 1. The van der Waals surface area contributed by atoms with Gasteiger partial charge in [0.05, 0.1) is 11.5 Å². The summed E-state index contributed by atoms with van der Waals surface area (Å²) >= 11 is 0. The Morgan fingerprint density at radius 2 is 1.90 bits per heavy atom. The summed E-state index contributed by atoms with van der Waals surface area (Å²) in [4.78, 5) is 22.6. The number of rotatable bonds is 6. The first-order valence-corrected chi connectivity index (χ1v) is 9.13. The molecule has 146 valence electrons. The van der Waals surface area contributed by atoms with Gasteiger partial charge in [0.1, 0.15) is 23.4 Å². The minimum atomic E-state index is -0.525. The lowest BCUT2D eigenvalue weighted by Crippen LogP contribution is -2.34.